The van der Waals surface area contributed by atoms with Crippen molar-refractivity contribution in [3.05, 3.63) is 85.6 Å². The summed E-state index contributed by atoms with van der Waals surface area (Å²) in [6.07, 6.45) is 0.558. The van der Waals surface area contributed by atoms with Crippen molar-refractivity contribution >= 4 is 26.7 Å². The Labute approximate surface area is 167 Å². The molecule has 0 amide bonds. The highest BCUT2D eigenvalue weighted by Crippen LogP contribution is 2.40. The topological polar surface area (TPSA) is 52.4 Å². The maximum absolute atomic E-state index is 14.0. The van der Waals surface area contributed by atoms with E-state index in [0.717, 1.165) is 33.9 Å². The lowest BCUT2D eigenvalue weighted by atomic mass is 9.93. The van der Waals surface area contributed by atoms with Crippen molar-refractivity contribution in [3.63, 3.8) is 0 Å². The molecule has 1 aliphatic heterocycles. The smallest absolute Gasteiger partial charge is 0.194 e. The fourth-order valence-electron chi connectivity index (χ4n) is 3.20. The summed E-state index contributed by atoms with van der Waals surface area (Å²) in [6, 6.07) is 11.2. The average Bonchev–Trinajstić information content (AvgIpc) is 2.63. The Kier molecular flexibility index (Phi) is 5.88. The number of aryl methyl sites for hydroxylation is 1. The lowest BCUT2D eigenvalue weighted by Gasteiger charge is -2.27. The summed E-state index contributed by atoms with van der Waals surface area (Å²) >= 11 is 3.45. The van der Waals surface area contributed by atoms with Gasteiger partial charge in [0, 0.05) is 26.6 Å². The van der Waals surface area contributed by atoms with Gasteiger partial charge in [-0.1, -0.05) is 28.1 Å². The Hall–Kier alpha value is -2.61. The molecule has 0 N–H and O–H groups in total. The van der Waals surface area contributed by atoms with Crippen LogP contribution in [0.3, 0.4) is 0 Å². The molecular weight excluding hydrogens is 439 g/mol. The Balaban J connectivity index is 0.000000516. The van der Waals surface area contributed by atoms with E-state index in [1.807, 2.05) is 30.3 Å². The molecule has 0 spiro atoms. The number of fused-ring (bicyclic) bond motifs is 3. The second-order valence-corrected chi connectivity index (χ2v) is 7.20. The fraction of sp³-hybridized carbons (Fsp3) is 0.200. The van der Waals surface area contributed by atoms with Gasteiger partial charge in [0.05, 0.1) is 0 Å². The maximum atomic E-state index is 14.0. The zero-order chi connectivity index (χ0) is 20.4. The molecule has 4 nitrogen and oxygen atoms in total. The molecule has 146 valence electrons. The van der Waals surface area contributed by atoms with Crippen LogP contribution in [0, 0.1) is 27.6 Å². The molecule has 3 aromatic carbocycles. The van der Waals surface area contributed by atoms with Crippen LogP contribution in [-0.2, 0) is 6.42 Å². The summed E-state index contributed by atoms with van der Waals surface area (Å²) in [4.78, 5) is 8.31. The van der Waals surface area contributed by atoms with Gasteiger partial charge in [-0.25, -0.2) is 13.2 Å². The van der Waals surface area contributed by atoms with Crippen molar-refractivity contribution in [1.82, 2.24) is 0 Å². The van der Waals surface area contributed by atoms with E-state index in [1.54, 1.807) is 0 Å². The molecule has 28 heavy (non-hydrogen) atoms. The molecule has 0 aromatic heterocycles. The van der Waals surface area contributed by atoms with Gasteiger partial charge in [0.1, 0.15) is 17.7 Å². The van der Waals surface area contributed by atoms with Gasteiger partial charge in [-0.15, -0.1) is 0 Å². The predicted molar refractivity (Wildman–Crippen MR) is 103 cm³/mol. The molecule has 1 aliphatic rings. The standard InChI is InChI=1S/C19H12BrF3O.CH3NO2/c20-11-2-3-12-10(7-11)1-5-18-13(12)4-6-19(24-18)14-8-16(22)17(23)9-15(14)21;1-2(3)4/h1-3,5,7-9,19H,4,6H2;1H3. The van der Waals surface area contributed by atoms with E-state index in [9.17, 15) is 13.2 Å². The van der Waals surface area contributed by atoms with Gasteiger partial charge in [0.25, 0.3) is 0 Å². The third-order valence-electron chi connectivity index (χ3n) is 4.36. The first-order valence-corrected chi connectivity index (χ1v) is 9.16. The molecule has 8 heteroatoms. The van der Waals surface area contributed by atoms with Crippen LogP contribution in [0.25, 0.3) is 10.8 Å². The number of rotatable bonds is 1. The monoisotopic (exact) mass is 453 g/mol. The first-order valence-electron chi connectivity index (χ1n) is 8.36. The summed E-state index contributed by atoms with van der Waals surface area (Å²) in [6.45, 7) is 0. The molecule has 0 saturated carbocycles. The van der Waals surface area contributed by atoms with Crippen molar-refractivity contribution in [2.45, 2.75) is 18.9 Å². The summed E-state index contributed by atoms with van der Waals surface area (Å²) in [7, 11) is 0.889. The van der Waals surface area contributed by atoms with Crippen LogP contribution in [0.2, 0.25) is 0 Å². The van der Waals surface area contributed by atoms with Gasteiger partial charge in [-0.3, -0.25) is 10.1 Å². The van der Waals surface area contributed by atoms with E-state index >= 15 is 0 Å². The Morgan fingerprint density at radius 2 is 1.75 bits per heavy atom. The number of nitrogens with zero attached hydrogens (tertiary/aromatic N) is 1. The van der Waals surface area contributed by atoms with Gasteiger partial charge < -0.3 is 4.74 Å². The van der Waals surface area contributed by atoms with E-state index in [4.69, 9.17) is 14.9 Å². The Bertz CT molecular complexity index is 1050. The highest BCUT2D eigenvalue weighted by molar-refractivity contribution is 9.10. The van der Waals surface area contributed by atoms with E-state index in [1.165, 1.54) is 0 Å². The van der Waals surface area contributed by atoms with Crippen molar-refractivity contribution < 1.29 is 22.8 Å². The molecule has 0 saturated heterocycles. The number of hydrogen-bond donors (Lipinski definition) is 0. The quantitative estimate of drug-likeness (QED) is 0.258. The normalized spacial score (nSPS) is 15.2. The van der Waals surface area contributed by atoms with Gasteiger partial charge in [-0.2, -0.15) is 0 Å². The van der Waals surface area contributed by atoms with Crippen LogP contribution < -0.4 is 4.74 Å². The molecule has 4 rings (SSSR count). The molecule has 1 heterocycles. The second-order valence-electron chi connectivity index (χ2n) is 6.28. The zero-order valence-corrected chi connectivity index (χ0v) is 16.3. The molecule has 0 aliphatic carbocycles. The predicted octanol–water partition coefficient (Wildman–Crippen LogP) is 5.98. The van der Waals surface area contributed by atoms with Gasteiger partial charge in [-0.05, 0) is 47.9 Å². The molecular formula is C20H15BrF3NO3. The molecule has 0 bridgehead atoms. The zero-order valence-electron chi connectivity index (χ0n) is 14.7. The Morgan fingerprint density at radius 1 is 1.07 bits per heavy atom. The summed E-state index contributed by atoms with van der Waals surface area (Å²) in [5.74, 6) is -2.38. The SMILES string of the molecule is C[N+](=O)[O-].Fc1cc(F)c(C2CCc3c(ccc4cc(Br)ccc34)O2)cc1F. The van der Waals surface area contributed by atoms with Crippen molar-refractivity contribution in [2.24, 2.45) is 0 Å². The minimum Gasteiger partial charge on any atom is -0.485 e. The summed E-state index contributed by atoms with van der Waals surface area (Å²) in [5.41, 5.74) is 1.11. The van der Waals surface area contributed by atoms with Crippen LogP contribution in [0.15, 0.2) is 46.9 Å². The van der Waals surface area contributed by atoms with E-state index in [-0.39, 0.29) is 5.56 Å². The van der Waals surface area contributed by atoms with Crippen molar-refractivity contribution in [2.75, 3.05) is 7.05 Å². The van der Waals surface area contributed by atoms with Crippen LogP contribution in [0.5, 0.6) is 5.75 Å². The minimum absolute atomic E-state index is 0.0513. The average molecular weight is 454 g/mol. The van der Waals surface area contributed by atoms with Crippen molar-refractivity contribution in [1.29, 1.82) is 0 Å². The van der Waals surface area contributed by atoms with Crippen LogP contribution >= 0.6 is 15.9 Å². The number of benzene rings is 3. The summed E-state index contributed by atoms with van der Waals surface area (Å²) < 4.78 is 47.4. The van der Waals surface area contributed by atoms with Crippen LogP contribution in [0.4, 0.5) is 13.2 Å². The van der Waals surface area contributed by atoms with E-state index in [0.29, 0.717) is 24.7 Å². The fourth-order valence-corrected chi connectivity index (χ4v) is 3.58. The number of halogens is 4. The van der Waals surface area contributed by atoms with Gasteiger partial charge >= 0.3 is 0 Å². The first-order chi connectivity index (χ1) is 13.3. The number of hydrogen-bond acceptors (Lipinski definition) is 3. The summed E-state index contributed by atoms with van der Waals surface area (Å²) in [5, 5.41) is 11.0. The molecule has 1 unspecified atom stereocenters. The second kappa shape index (κ2) is 8.18. The van der Waals surface area contributed by atoms with Crippen molar-refractivity contribution in [3.8, 4) is 5.75 Å². The van der Waals surface area contributed by atoms with E-state index < -0.39 is 28.5 Å². The largest absolute Gasteiger partial charge is 0.485 e. The first kappa shape index (κ1) is 20.1. The lowest BCUT2D eigenvalue weighted by Crippen LogP contribution is -2.17. The van der Waals surface area contributed by atoms with Crippen LogP contribution in [-0.4, -0.2) is 12.0 Å². The van der Waals surface area contributed by atoms with Crippen LogP contribution in [0.1, 0.15) is 23.7 Å². The third-order valence-corrected chi connectivity index (χ3v) is 4.86. The molecule has 0 radical (unpaired) electrons. The number of ether oxygens (including phenoxy) is 1. The molecule has 0 fully saturated rings. The molecule has 1 atom stereocenters. The van der Waals surface area contributed by atoms with Gasteiger partial charge in [0.15, 0.2) is 18.7 Å². The Morgan fingerprint density at radius 3 is 2.46 bits per heavy atom. The maximum Gasteiger partial charge on any atom is 0.194 e. The third kappa shape index (κ3) is 4.27. The van der Waals surface area contributed by atoms with E-state index in [2.05, 4.69) is 15.9 Å². The highest BCUT2D eigenvalue weighted by Gasteiger charge is 2.26. The highest BCUT2D eigenvalue weighted by atomic mass is 79.9. The lowest BCUT2D eigenvalue weighted by molar-refractivity contribution is -0.445. The van der Waals surface area contributed by atoms with Gasteiger partial charge in [0.2, 0.25) is 0 Å². The number of nitro groups is 1. The molecule has 3 aromatic rings. The minimum atomic E-state index is -1.19.